The Bertz CT molecular complexity index is 706. The summed E-state index contributed by atoms with van der Waals surface area (Å²) in [6.45, 7) is 2.75. The van der Waals surface area contributed by atoms with Crippen molar-refractivity contribution in [3.63, 3.8) is 0 Å². The quantitative estimate of drug-likeness (QED) is 0.894. The van der Waals surface area contributed by atoms with Gasteiger partial charge in [-0.2, -0.15) is 0 Å². The first kappa shape index (κ1) is 16.9. The van der Waals surface area contributed by atoms with Crippen LogP contribution in [0.15, 0.2) is 24.3 Å². The van der Waals surface area contributed by atoms with Crippen molar-refractivity contribution in [1.29, 1.82) is 0 Å². The van der Waals surface area contributed by atoms with E-state index in [0.717, 1.165) is 24.8 Å². The van der Waals surface area contributed by atoms with Crippen LogP contribution in [0.25, 0.3) is 0 Å². The van der Waals surface area contributed by atoms with Gasteiger partial charge in [-0.05, 0) is 24.5 Å². The van der Waals surface area contributed by atoms with Gasteiger partial charge in [0.05, 0.1) is 0 Å². The van der Waals surface area contributed by atoms with Crippen LogP contribution >= 0.6 is 11.6 Å². The fourth-order valence-corrected chi connectivity index (χ4v) is 4.74. The van der Waals surface area contributed by atoms with E-state index in [2.05, 4.69) is 4.90 Å². The van der Waals surface area contributed by atoms with Crippen LogP contribution in [-0.2, 0) is 16.1 Å². The summed E-state index contributed by atoms with van der Waals surface area (Å²) in [6, 6.07) is 7.69. The van der Waals surface area contributed by atoms with Gasteiger partial charge in [-0.3, -0.25) is 14.5 Å². The van der Waals surface area contributed by atoms with Gasteiger partial charge in [-0.1, -0.05) is 36.2 Å². The molecule has 0 bridgehead atoms. The molecule has 1 unspecified atom stereocenters. The number of aliphatic carboxylic acids is 1. The van der Waals surface area contributed by atoms with Gasteiger partial charge in [0.1, 0.15) is 5.41 Å². The lowest BCUT2D eigenvalue weighted by atomic mass is 9.81. The maximum absolute atomic E-state index is 12.5. The molecule has 1 saturated carbocycles. The average Bonchev–Trinajstić information content (AvgIpc) is 3.02. The third-order valence-electron chi connectivity index (χ3n) is 6.22. The Hall–Kier alpha value is -1.59. The summed E-state index contributed by atoms with van der Waals surface area (Å²) >= 11 is 6.25. The Morgan fingerprint density at radius 1 is 1.20 bits per heavy atom. The third kappa shape index (κ3) is 2.83. The molecule has 1 aromatic rings. The molecule has 2 saturated heterocycles. The zero-order valence-electron chi connectivity index (χ0n) is 14.2. The minimum atomic E-state index is -0.833. The number of carboxylic acids is 1. The third-order valence-corrected chi connectivity index (χ3v) is 6.59. The molecule has 25 heavy (non-hydrogen) atoms. The van der Waals surface area contributed by atoms with Gasteiger partial charge in [0.15, 0.2) is 0 Å². The number of hydrogen-bond acceptors (Lipinski definition) is 3. The SMILES string of the molecule is O=C(C1CCC1)N1CC2CN(Cc3ccccc3Cl)C[C@]2(C(=O)O)C1. The number of amides is 1. The predicted octanol–water partition coefficient (Wildman–Crippen LogP) is 2.49. The van der Waals surface area contributed by atoms with E-state index >= 15 is 0 Å². The number of nitrogens with zero attached hydrogens (tertiary/aromatic N) is 2. The largest absolute Gasteiger partial charge is 0.481 e. The molecule has 2 atom stereocenters. The first-order valence-electron chi connectivity index (χ1n) is 8.97. The number of likely N-dealkylation sites (tertiary alicyclic amines) is 2. The molecular formula is C19H23ClN2O3. The Morgan fingerprint density at radius 3 is 2.56 bits per heavy atom. The monoisotopic (exact) mass is 362 g/mol. The van der Waals surface area contributed by atoms with Gasteiger partial charge in [0.2, 0.25) is 5.91 Å². The van der Waals surface area contributed by atoms with Crippen LogP contribution in [0.1, 0.15) is 24.8 Å². The topological polar surface area (TPSA) is 60.9 Å². The average molecular weight is 363 g/mol. The van der Waals surface area contributed by atoms with Crippen molar-refractivity contribution in [3.8, 4) is 0 Å². The highest BCUT2D eigenvalue weighted by molar-refractivity contribution is 6.31. The van der Waals surface area contributed by atoms with E-state index in [9.17, 15) is 14.7 Å². The molecular weight excluding hydrogens is 340 g/mol. The van der Waals surface area contributed by atoms with Crippen LogP contribution in [0, 0.1) is 17.3 Å². The van der Waals surface area contributed by atoms with E-state index in [4.69, 9.17) is 11.6 Å². The molecule has 0 aromatic heterocycles. The van der Waals surface area contributed by atoms with Crippen LogP contribution in [-0.4, -0.2) is 53.0 Å². The van der Waals surface area contributed by atoms with Crippen LogP contribution in [0.4, 0.5) is 0 Å². The van der Waals surface area contributed by atoms with E-state index < -0.39 is 11.4 Å². The number of fused-ring (bicyclic) bond motifs is 1. The molecule has 2 heterocycles. The molecule has 1 aromatic carbocycles. The lowest BCUT2D eigenvalue weighted by molar-refractivity contribution is -0.149. The minimum Gasteiger partial charge on any atom is -0.481 e. The Balaban J connectivity index is 1.48. The first-order valence-corrected chi connectivity index (χ1v) is 9.35. The summed E-state index contributed by atoms with van der Waals surface area (Å²) in [5, 5.41) is 10.6. The maximum atomic E-state index is 12.5. The number of carbonyl (C=O) groups is 2. The number of carbonyl (C=O) groups excluding carboxylic acids is 1. The molecule has 5 nitrogen and oxygen atoms in total. The standard InChI is InChI=1S/C19H23ClN2O3/c20-16-7-2-1-4-14(16)8-21-9-15-10-22(17(23)13-5-3-6-13)12-19(15,11-21)18(24)25/h1-2,4,7,13,15H,3,5-6,8-12H2,(H,24,25)/t15?,19-/m0/s1. The molecule has 0 radical (unpaired) electrons. The molecule has 4 rings (SSSR count). The summed E-state index contributed by atoms with van der Waals surface area (Å²) in [5.41, 5.74) is 0.188. The molecule has 1 amide bonds. The van der Waals surface area contributed by atoms with Crippen molar-refractivity contribution in [2.45, 2.75) is 25.8 Å². The summed E-state index contributed by atoms with van der Waals surface area (Å²) in [4.78, 5) is 28.6. The van der Waals surface area contributed by atoms with E-state index in [-0.39, 0.29) is 17.7 Å². The Labute approximate surface area is 152 Å². The number of halogens is 1. The zero-order chi connectivity index (χ0) is 17.6. The first-order chi connectivity index (χ1) is 12.0. The number of rotatable bonds is 4. The molecule has 6 heteroatoms. The van der Waals surface area contributed by atoms with Gasteiger partial charge in [0, 0.05) is 49.6 Å². The second kappa shape index (κ2) is 6.29. The maximum Gasteiger partial charge on any atom is 0.313 e. The van der Waals surface area contributed by atoms with Gasteiger partial charge in [0.25, 0.3) is 0 Å². The van der Waals surface area contributed by atoms with E-state index in [1.54, 1.807) is 0 Å². The van der Waals surface area contributed by atoms with Crippen molar-refractivity contribution < 1.29 is 14.7 Å². The van der Waals surface area contributed by atoms with Crippen molar-refractivity contribution in [2.24, 2.45) is 17.3 Å². The van der Waals surface area contributed by atoms with Gasteiger partial charge in [-0.15, -0.1) is 0 Å². The smallest absolute Gasteiger partial charge is 0.313 e. The number of carboxylic acid groups (broad SMARTS) is 1. The van der Waals surface area contributed by atoms with Gasteiger partial charge < -0.3 is 10.0 Å². The fraction of sp³-hybridized carbons (Fsp3) is 0.579. The summed E-state index contributed by atoms with van der Waals surface area (Å²) < 4.78 is 0. The van der Waals surface area contributed by atoms with Crippen LogP contribution in [0.3, 0.4) is 0 Å². The van der Waals surface area contributed by atoms with E-state index in [1.807, 2.05) is 29.2 Å². The number of hydrogen-bond donors (Lipinski definition) is 1. The minimum absolute atomic E-state index is 0.00323. The van der Waals surface area contributed by atoms with E-state index in [0.29, 0.717) is 37.7 Å². The van der Waals surface area contributed by atoms with Crippen molar-refractivity contribution >= 4 is 23.5 Å². The van der Waals surface area contributed by atoms with Gasteiger partial charge in [-0.25, -0.2) is 0 Å². The highest BCUT2D eigenvalue weighted by atomic mass is 35.5. The normalized spacial score (nSPS) is 29.5. The fourth-order valence-electron chi connectivity index (χ4n) is 4.54. The second-order valence-electron chi connectivity index (χ2n) is 7.77. The van der Waals surface area contributed by atoms with Gasteiger partial charge >= 0.3 is 5.97 Å². The predicted molar refractivity (Wildman–Crippen MR) is 94.2 cm³/mol. The highest BCUT2D eigenvalue weighted by Gasteiger charge is 2.58. The van der Waals surface area contributed by atoms with E-state index in [1.165, 1.54) is 0 Å². The van der Waals surface area contributed by atoms with Crippen LogP contribution in [0.2, 0.25) is 5.02 Å². The molecule has 1 N–H and O–H groups in total. The zero-order valence-corrected chi connectivity index (χ0v) is 14.9. The summed E-state index contributed by atoms with van der Waals surface area (Å²) in [7, 11) is 0. The second-order valence-corrected chi connectivity index (χ2v) is 8.17. The Morgan fingerprint density at radius 2 is 1.96 bits per heavy atom. The molecule has 3 fully saturated rings. The number of benzene rings is 1. The Kier molecular flexibility index (Phi) is 4.24. The summed E-state index contributed by atoms with van der Waals surface area (Å²) in [5.74, 6) is -0.484. The van der Waals surface area contributed by atoms with Crippen molar-refractivity contribution in [3.05, 3.63) is 34.9 Å². The lowest BCUT2D eigenvalue weighted by Gasteiger charge is -2.31. The van der Waals surface area contributed by atoms with Crippen molar-refractivity contribution in [2.75, 3.05) is 26.2 Å². The highest BCUT2D eigenvalue weighted by Crippen LogP contribution is 2.44. The molecule has 134 valence electrons. The molecule has 0 spiro atoms. The van der Waals surface area contributed by atoms with Crippen LogP contribution < -0.4 is 0 Å². The molecule has 1 aliphatic carbocycles. The summed E-state index contributed by atoms with van der Waals surface area (Å²) in [6.07, 6.45) is 3.03. The van der Waals surface area contributed by atoms with Crippen molar-refractivity contribution in [1.82, 2.24) is 9.80 Å². The molecule has 3 aliphatic rings. The lowest BCUT2D eigenvalue weighted by Crippen LogP contribution is -2.44. The molecule has 2 aliphatic heterocycles. The van der Waals surface area contributed by atoms with Crippen LogP contribution in [0.5, 0.6) is 0 Å².